The molecular formula is C34H29ClN2O7. The second kappa shape index (κ2) is 13.8. The number of rotatable bonds is 11. The van der Waals surface area contributed by atoms with Crippen molar-refractivity contribution in [2.45, 2.75) is 19.4 Å². The maximum Gasteiger partial charge on any atom is 0.349 e. The van der Waals surface area contributed by atoms with Crippen molar-refractivity contribution in [3.8, 4) is 40.6 Å². The molecule has 1 unspecified atom stereocenters. The zero-order valence-corrected chi connectivity index (χ0v) is 24.8. The Morgan fingerprint density at radius 3 is 2.41 bits per heavy atom. The Balaban J connectivity index is 1.36. The first-order valence-electron chi connectivity index (χ1n) is 13.7. The van der Waals surface area contributed by atoms with E-state index in [1.54, 1.807) is 61.7 Å². The van der Waals surface area contributed by atoms with Crippen LogP contribution >= 0.6 is 11.6 Å². The van der Waals surface area contributed by atoms with Gasteiger partial charge in [-0.3, -0.25) is 0 Å². The van der Waals surface area contributed by atoms with Crippen LogP contribution in [0.2, 0.25) is 5.02 Å². The molecule has 0 aliphatic carbocycles. The number of allylic oxidation sites excluding steroid dienone is 1. The van der Waals surface area contributed by atoms with E-state index in [0.29, 0.717) is 45.9 Å². The van der Waals surface area contributed by atoms with E-state index in [4.69, 9.17) is 45.8 Å². The quantitative estimate of drug-likeness (QED) is 0.149. The van der Waals surface area contributed by atoms with Crippen LogP contribution in [0.15, 0.2) is 96.4 Å². The van der Waals surface area contributed by atoms with Gasteiger partial charge in [0.15, 0.2) is 18.1 Å². The third kappa shape index (κ3) is 6.83. The molecule has 2 N–H and O–H groups in total. The Kier molecular flexibility index (Phi) is 9.43. The highest BCUT2D eigenvalue weighted by atomic mass is 35.5. The molecule has 1 aliphatic heterocycles. The lowest BCUT2D eigenvalue weighted by Crippen LogP contribution is -2.22. The molecular weight excluding hydrogens is 584 g/mol. The zero-order chi connectivity index (χ0) is 31.1. The summed E-state index contributed by atoms with van der Waals surface area (Å²) in [6.45, 7) is 2.22. The second-order valence-corrected chi connectivity index (χ2v) is 9.99. The van der Waals surface area contributed by atoms with Gasteiger partial charge in [0.2, 0.25) is 5.88 Å². The van der Waals surface area contributed by atoms with Crippen LogP contribution in [-0.4, -0.2) is 26.3 Å². The molecule has 0 saturated heterocycles. The molecule has 1 atom stereocenters. The molecule has 4 aromatic carbocycles. The molecule has 4 aromatic rings. The van der Waals surface area contributed by atoms with Crippen LogP contribution in [0.25, 0.3) is 0 Å². The topological polar surface area (TPSA) is 122 Å². The van der Waals surface area contributed by atoms with Gasteiger partial charge >= 0.3 is 5.97 Å². The Morgan fingerprint density at radius 2 is 1.68 bits per heavy atom. The Morgan fingerprint density at radius 1 is 0.932 bits per heavy atom. The molecule has 44 heavy (non-hydrogen) atoms. The van der Waals surface area contributed by atoms with E-state index in [1.165, 1.54) is 0 Å². The van der Waals surface area contributed by atoms with Crippen LogP contribution in [0.3, 0.4) is 0 Å². The molecule has 5 rings (SSSR count). The number of fused-ring (bicyclic) bond motifs is 1. The first-order chi connectivity index (χ1) is 21.4. The van der Waals surface area contributed by atoms with Crippen molar-refractivity contribution in [1.82, 2.24) is 0 Å². The lowest BCUT2D eigenvalue weighted by atomic mass is 9.83. The van der Waals surface area contributed by atoms with Gasteiger partial charge in [0.25, 0.3) is 0 Å². The van der Waals surface area contributed by atoms with Gasteiger partial charge in [-0.25, -0.2) is 4.79 Å². The molecule has 1 heterocycles. The van der Waals surface area contributed by atoms with E-state index in [2.05, 4.69) is 6.07 Å². The molecule has 0 spiro atoms. The summed E-state index contributed by atoms with van der Waals surface area (Å²) in [7, 11) is 1.57. The molecule has 10 heteroatoms. The summed E-state index contributed by atoms with van der Waals surface area (Å²) in [4.78, 5) is 12.5. The molecule has 0 radical (unpaired) electrons. The monoisotopic (exact) mass is 612 g/mol. The maximum atomic E-state index is 12.5. The first kappa shape index (κ1) is 30.1. The van der Waals surface area contributed by atoms with Gasteiger partial charge in [0.05, 0.1) is 19.6 Å². The summed E-state index contributed by atoms with van der Waals surface area (Å²) < 4.78 is 33.9. The number of hydrogen-bond donors (Lipinski definition) is 1. The summed E-state index contributed by atoms with van der Waals surface area (Å²) in [5, 5.41) is 10.6. The highest BCUT2D eigenvalue weighted by Crippen LogP contribution is 2.45. The predicted molar refractivity (Wildman–Crippen MR) is 163 cm³/mol. The third-order valence-electron chi connectivity index (χ3n) is 6.78. The van der Waals surface area contributed by atoms with Gasteiger partial charge in [0, 0.05) is 22.2 Å². The molecule has 0 bridgehead atoms. The number of hydrogen-bond acceptors (Lipinski definition) is 9. The fourth-order valence-electron chi connectivity index (χ4n) is 4.68. The zero-order valence-electron chi connectivity index (χ0n) is 24.0. The number of nitrogens with two attached hydrogens (primary N) is 1. The average molecular weight is 613 g/mol. The van der Waals surface area contributed by atoms with E-state index in [-0.39, 0.29) is 30.4 Å². The molecule has 0 saturated carbocycles. The van der Waals surface area contributed by atoms with Crippen LogP contribution in [0.1, 0.15) is 29.5 Å². The van der Waals surface area contributed by atoms with Crippen molar-refractivity contribution in [3.05, 3.63) is 118 Å². The molecule has 224 valence electrons. The molecule has 0 aromatic heterocycles. The third-order valence-corrected chi connectivity index (χ3v) is 7.15. The molecule has 0 fully saturated rings. The summed E-state index contributed by atoms with van der Waals surface area (Å²) in [6, 6.07) is 26.8. The number of halogens is 1. The molecule has 1 aliphatic rings. The van der Waals surface area contributed by atoms with Crippen LogP contribution in [-0.2, 0) is 11.4 Å². The van der Waals surface area contributed by atoms with Gasteiger partial charge in [-0.05, 0) is 61.0 Å². The minimum Gasteiger partial charge on any atom is -0.497 e. The van der Waals surface area contributed by atoms with Crippen molar-refractivity contribution in [1.29, 1.82) is 5.26 Å². The summed E-state index contributed by atoms with van der Waals surface area (Å²) in [5.74, 6) is 1.56. The van der Waals surface area contributed by atoms with Gasteiger partial charge in [0.1, 0.15) is 41.2 Å². The number of carbonyl (C=O) groups is 1. The fraction of sp³-hybridized carbons (Fsp3) is 0.176. The fourth-order valence-corrected chi connectivity index (χ4v) is 4.87. The minimum atomic E-state index is -0.608. The number of nitriles is 1. The molecule has 0 amide bonds. The summed E-state index contributed by atoms with van der Waals surface area (Å²) in [6.07, 6.45) is 0. The largest absolute Gasteiger partial charge is 0.497 e. The second-order valence-electron chi connectivity index (χ2n) is 9.58. The van der Waals surface area contributed by atoms with Crippen LogP contribution in [0.4, 0.5) is 0 Å². The van der Waals surface area contributed by atoms with Gasteiger partial charge in [-0.1, -0.05) is 41.9 Å². The molecule has 9 nitrogen and oxygen atoms in total. The van der Waals surface area contributed by atoms with E-state index in [9.17, 15) is 10.1 Å². The lowest BCUT2D eigenvalue weighted by Gasteiger charge is -2.27. The average Bonchev–Trinajstić information content (AvgIpc) is 3.03. The van der Waals surface area contributed by atoms with E-state index in [0.717, 1.165) is 11.1 Å². The normalized spacial score (nSPS) is 13.6. The summed E-state index contributed by atoms with van der Waals surface area (Å²) >= 11 is 6.29. The number of esters is 1. The van der Waals surface area contributed by atoms with Crippen LogP contribution < -0.4 is 34.2 Å². The number of carbonyl (C=O) groups excluding carboxylic acids is 1. The Bertz CT molecular complexity index is 1730. The predicted octanol–water partition coefficient (Wildman–Crippen LogP) is 6.53. The van der Waals surface area contributed by atoms with Crippen molar-refractivity contribution in [3.63, 3.8) is 0 Å². The van der Waals surface area contributed by atoms with Crippen molar-refractivity contribution < 1.29 is 33.2 Å². The van der Waals surface area contributed by atoms with Gasteiger partial charge in [-0.15, -0.1) is 0 Å². The lowest BCUT2D eigenvalue weighted by molar-refractivity contribution is -0.136. The number of methoxy groups -OCH3 is 1. The number of ether oxygens (including phenoxy) is 6. The van der Waals surface area contributed by atoms with E-state index < -0.39 is 11.9 Å². The van der Waals surface area contributed by atoms with Gasteiger partial charge < -0.3 is 34.2 Å². The highest BCUT2D eigenvalue weighted by Gasteiger charge is 2.32. The Hall–Kier alpha value is -5.33. The van der Waals surface area contributed by atoms with Crippen LogP contribution in [0, 0.1) is 11.3 Å². The van der Waals surface area contributed by atoms with Crippen molar-refractivity contribution in [2.24, 2.45) is 5.73 Å². The van der Waals surface area contributed by atoms with Crippen molar-refractivity contribution >= 4 is 17.6 Å². The standard InChI is InChI=1S/C34H29ClN2O7/c1-3-40-31-16-21(8-15-29(31)42-19-22-6-4-5-7-28(22)35)33-26-14-13-25(17-30(26)44-34(37)27(33)18-36)43-32(38)20-41-24-11-9-23(39-2)10-12-24/h4-17,33H,3,19-20,37H2,1-2H3. The summed E-state index contributed by atoms with van der Waals surface area (Å²) in [5.41, 5.74) is 8.68. The maximum absolute atomic E-state index is 12.5. The van der Waals surface area contributed by atoms with E-state index >= 15 is 0 Å². The van der Waals surface area contributed by atoms with Crippen molar-refractivity contribution in [2.75, 3.05) is 20.3 Å². The Labute approximate surface area is 259 Å². The smallest absolute Gasteiger partial charge is 0.349 e. The SMILES string of the molecule is CCOc1cc(C2C(C#N)=C(N)Oc3cc(OC(=O)COc4ccc(OC)cc4)ccc32)ccc1OCc1ccccc1Cl. The van der Waals surface area contributed by atoms with E-state index in [1.807, 2.05) is 37.3 Å². The first-order valence-corrected chi connectivity index (χ1v) is 14.1. The number of nitrogens with zero attached hydrogens (tertiary/aromatic N) is 1. The highest BCUT2D eigenvalue weighted by molar-refractivity contribution is 6.31. The van der Waals surface area contributed by atoms with Crippen LogP contribution in [0.5, 0.6) is 34.5 Å². The van der Waals surface area contributed by atoms with Gasteiger partial charge in [-0.2, -0.15) is 5.26 Å². The number of benzene rings is 4. The minimum absolute atomic E-state index is 0.0479.